The number of aryl methyl sites for hydroxylation is 1. The summed E-state index contributed by atoms with van der Waals surface area (Å²) in [7, 11) is 0. The normalized spacial score (nSPS) is 27.7. The van der Waals surface area contributed by atoms with Crippen molar-refractivity contribution in [2.45, 2.75) is 51.1 Å². The smallest absolute Gasteiger partial charge is 0.273 e. The maximum Gasteiger partial charge on any atom is 0.273 e. The van der Waals surface area contributed by atoms with Crippen molar-refractivity contribution < 1.29 is 4.79 Å². The van der Waals surface area contributed by atoms with Crippen molar-refractivity contribution in [2.24, 2.45) is 0 Å². The molecule has 4 heteroatoms. The third kappa shape index (κ3) is 1.47. The van der Waals surface area contributed by atoms with Crippen LogP contribution in [-0.4, -0.2) is 27.9 Å². The van der Waals surface area contributed by atoms with Gasteiger partial charge in [0.15, 0.2) is 0 Å². The summed E-state index contributed by atoms with van der Waals surface area (Å²) in [5.41, 5.74) is 0.667. The fraction of sp³-hybridized carbons (Fsp3) is 0.667. The molecule has 0 atom stereocenters. The van der Waals surface area contributed by atoms with Crippen LogP contribution in [0.1, 0.15) is 48.1 Å². The van der Waals surface area contributed by atoms with Crippen molar-refractivity contribution in [1.29, 1.82) is 0 Å². The summed E-state index contributed by atoms with van der Waals surface area (Å²) < 4.78 is 0. The molecule has 0 N–H and O–H groups in total. The molecule has 1 amide bonds. The first-order valence-electron chi connectivity index (χ1n) is 6.06. The van der Waals surface area contributed by atoms with Gasteiger partial charge in [0.25, 0.3) is 5.91 Å². The van der Waals surface area contributed by atoms with E-state index in [9.17, 15) is 4.79 Å². The molecule has 2 aliphatic heterocycles. The van der Waals surface area contributed by atoms with Gasteiger partial charge in [-0.05, 0) is 32.1 Å². The lowest BCUT2D eigenvalue weighted by molar-refractivity contribution is 0.0724. The van der Waals surface area contributed by atoms with Gasteiger partial charge >= 0.3 is 0 Å². The largest absolute Gasteiger partial charge is 0.331 e. The number of aromatic nitrogens is 1. The van der Waals surface area contributed by atoms with E-state index in [1.54, 1.807) is 11.3 Å². The van der Waals surface area contributed by atoms with E-state index in [-0.39, 0.29) is 5.91 Å². The highest BCUT2D eigenvalue weighted by atomic mass is 32.1. The first-order chi connectivity index (χ1) is 7.79. The fourth-order valence-corrected chi connectivity index (χ4v) is 3.67. The van der Waals surface area contributed by atoms with Gasteiger partial charge in [-0.25, -0.2) is 4.98 Å². The van der Waals surface area contributed by atoms with Gasteiger partial charge in [0.1, 0.15) is 5.69 Å². The maximum atomic E-state index is 12.3. The summed E-state index contributed by atoms with van der Waals surface area (Å²) in [4.78, 5) is 18.8. The minimum Gasteiger partial charge on any atom is -0.331 e. The minimum atomic E-state index is 0.168. The number of hydrogen-bond donors (Lipinski definition) is 0. The molecule has 3 heterocycles. The van der Waals surface area contributed by atoms with E-state index in [0.29, 0.717) is 17.8 Å². The summed E-state index contributed by atoms with van der Waals surface area (Å²) in [5.74, 6) is 0.168. The van der Waals surface area contributed by atoms with Crippen LogP contribution in [0.3, 0.4) is 0 Å². The quantitative estimate of drug-likeness (QED) is 0.790. The predicted molar refractivity (Wildman–Crippen MR) is 63.7 cm³/mol. The third-order valence-corrected chi connectivity index (χ3v) is 4.75. The molecule has 2 bridgehead atoms. The zero-order valence-electron chi connectivity index (χ0n) is 9.48. The molecule has 2 aliphatic rings. The second-order valence-electron chi connectivity index (χ2n) is 4.65. The lowest BCUT2D eigenvalue weighted by Gasteiger charge is -2.20. The molecule has 3 rings (SSSR count). The molecule has 0 unspecified atom stereocenters. The van der Waals surface area contributed by atoms with Crippen LogP contribution in [0, 0.1) is 0 Å². The number of rotatable bonds is 2. The van der Waals surface area contributed by atoms with Gasteiger partial charge < -0.3 is 4.90 Å². The summed E-state index contributed by atoms with van der Waals surface area (Å²) in [5, 5.41) is 2.98. The van der Waals surface area contributed by atoms with Gasteiger partial charge in [0.05, 0.1) is 5.01 Å². The van der Waals surface area contributed by atoms with Crippen molar-refractivity contribution >= 4 is 17.2 Å². The molecule has 1 aromatic heterocycles. The molecule has 2 fully saturated rings. The Balaban J connectivity index is 1.82. The molecule has 1 aromatic rings. The highest BCUT2D eigenvalue weighted by molar-refractivity contribution is 7.09. The van der Waals surface area contributed by atoms with E-state index < -0.39 is 0 Å². The van der Waals surface area contributed by atoms with Crippen molar-refractivity contribution in [1.82, 2.24) is 9.88 Å². The maximum absolute atomic E-state index is 12.3. The number of amides is 1. The average Bonchev–Trinajstić information content (AvgIpc) is 3.03. The van der Waals surface area contributed by atoms with Gasteiger partial charge in [-0.1, -0.05) is 6.92 Å². The first-order valence-corrected chi connectivity index (χ1v) is 6.94. The Morgan fingerprint density at radius 3 is 2.56 bits per heavy atom. The molecule has 0 saturated carbocycles. The van der Waals surface area contributed by atoms with Crippen LogP contribution in [0.5, 0.6) is 0 Å². The molecule has 3 nitrogen and oxygen atoms in total. The Kier molecular flexibility index (Phi) is 2.46. The van der Waals surface area contributed by atoms with E-state index in [0.717, 1.165) is 11.4 Å². The molecule has 86 valence electrons. The first kappa shape index (κ1) is 10.3. The van der Waals surface area contributed by atoms with E-state index in [4.69, 9.17) is 0 Å². The predicted octanol–water partition coefficient (Wildman–Crippen LogP) is 2.47. The van der Waals surface area contributed by atoms with Crippen LogP contribution in [0.2, 0.25) is 0 Å². The monoisotopic (exact) mass is 236 g/mol. The lowest BCUT2D eigenvalue weighted by Crippen LogP contribution is -2.35. The fourth-order valence-electron chi connectivity index (χ4n) is 2.95. The summed E-state index contributed by atoms with van der Waals surface area (Å²) >= 11 is 1.60. The zero-order valence-corrected chi connectivity index (χ0v) is 10.3. The molecule has 0 aliphatic carbocycles. The van der Waals surface area contributed by atoms with E-state index in [2.05, 4.69) is 16.8 Å². The van der Waals surface area contributed by atoms with Gasteiger partial charge in [0.2, 0.25) is 0 Å². The number of nitrogens with zero attached hydrogens (tertiary/aromatic N) is 2. The standard InChI is InChI=1S/C12H16N2OS/c1-2-11-13-10(7-16-11)12(15)14-8-3-4-9(14)6-5-8/h7-9H,2-6H2,1H3. The SMILES string of the molecule is CCc1nc(C(=O)N2C3CCC2CC3)cs1. The Morgan fingerprint density at radius 1 is 1.44 bits per heavy atom. The van der Waals surface area contributed by atoms with E-state index in [1.807, 2.05) is 5.38 Å². The van der Waals surface area contributed by atoms with E-state index >= 15 is 0 Å². The molecule has 0 spiro atoms. The molecule has 2 saturated heterocycles. The second kappa shape index (κ2) is 3.84. The number of carbonyl (C=O) groups is 1. The Bertz CT molecular complexity index is 395. The molecular formula is C12H16N2OS. The zero-order chi connectivity index (χ0) is 11.1. The summed E-state index contributed by atoms with van der Waals surface area (Å²) in [6.07, 6.45) is 5.70. The number of hydrogen-bond acceptors (Lipinski definition) is 3. The topological polar surface area (TPSA) is 33.2 Å². The van der Waals surface area contributed by atoms with Crippen LogP contribution >= 0.6 is 11.3 Å². The van der Waals surface area contributed by atoms with Crippen LogP contribution in [0.25, 0.3) is 0 Å². The van der Waals surface area contributed by atoms with Gasteiger partial charge in [-0.2, -0.15) is 0 Å². The van der Waals surface area contributed by atoms with Crippen LogP contribution in [0.4, 0.5) is 0 Å². The van der Waals surface area contributed by atoms with Crippen molar-refractivity contribution in [3.63, 3.8) is 0 Å². The molecule has 0 aromatic carbocycles. The molecular weight excluding hydrogens is 220 g/mol. The Morgan fingerprint density at radius 2 is 2.06 bits per heavy atom. The molecule has 16 heavy (non-hydrogen) atoms. The van der Waals surface area contributed by atoms with Crippen LogP contribution in [-0.2, 0) is 6.42 Å². The number of carbonyl (C=O) groups excluding carboxylic acids is 1. The summed E-state index contributed by atoms with van der Waals surface area (Å²) in [6, 6.07) is 1.01. The number of fused-ring (bicyclic) bond motifs is 2. The average molecular weight is 236 g/mol. The number of thiazole rings is 1. The summed E-state index contributed by atoms with van der Waals surface area (Å²) in [6.45, 7) is 2.08. The Labute approximate surface area is 99.5 Å². The van der Waals surface area contributed by atoms with E-state index in [1.165, 1.54) is 25.7 Å². The highest BCUT2D eigenvalue weighted by Gasteiger charge is 2.42. The van der Waals surface area contributed by atoms with Gasteiger partial charge in [0, 0.05) is 17.5 Å². The third-order valence-electron chi connectivity index (χ3n) is 3.76. The Hall–Kier alpha value is -0.900. The van der Waals surface area contributed by atoms with Crippen LogP contribution in [0.15, 0.2) is 5.38 Å². The van der Waals surface area contributed by atoms with Crippen molar-refractivity contribution in [2.75, 3.05) is 0 Å². The minimum absolute atomic E-state index is 0.168. The highest BCUT2D eigenvalue weighted by Crippen LogP contribution is 2.38. The van der Waals surface area contributed by atoms with Crippen molar-refractivity contribution in [3.8, 4) is 0 Å². The van der Waals surface area contributed by atoms with Gasteiger partial charge in [-0.3, -0.25) is 4.79 Å². The molecule has 0 radical (unpaired) electrons. The van der Waals surface area contributed by atoms with Gasteiger partial charge in [-0.15, -0.1) is 11.3 Å². The van der Waals surface area contributed by atoms with Crippen molar-refractivity contribution in [3.05, 3.63) is 16.1 Å². The van der Waals surface area contributed by atoms with Crippen LogP contribution < -0.4 is 0 Å². The second-order valence-corrected chi connectivity index (χ2v) is 5.60. The lowest BCUT2D eigenvalue weighted by atomic mass is 10.0.